The summed E-state index contributed by atoms with van der Waals surface area (Å²) in [5.74, 6) is -6.23. The molecule has 24 heteroatoms. The predicted octanol–water partition coefficient (Wildman–Crippen LogP) is -1.17. The van der Waals surface area contributed by atoms with Gasteiger partial charge in [0.15, 0.2) is 17.9 Å². The van der Waals surface area contributed by atoms with Gasteiger partial charge in [-0.25, -0.2) is 14.1 Å². The lowest BCUT2D eigenvalue weighted by molar-refractivity contribution is -0.753. The largest absolute Gasteiger partial charge is 0.542 e. The van der Waals surface area contributed by atoms with Crippen molar-refractivity contribution in [2.24, 2.45) is 17.9 Å². The number of carboxylic acids is 2. The summed E-state index contributed by atoms with van der Waals surface area (Å²) in [6, 6.07) is 4.53. The highest BCUT2D eigenvalue weighted by Crippen LogP contribution is 2.25. The summed E-state index contributed by atoms with van der Waals surface area (Å²) in [4.78, 5) is 55.7. The maximum atomic E-state index is 13.1. The van der Waals surface area contributed by atoms with Crippen molar-refractivity contribution < 1.29 is 69.8 Å². The van der Waals surface area contributed by atoms with Crippen LogP contribution in [-0.4, -0.2) is 98.5 Å². The van der Waals surface area contributed by atoms with Crippen LogP contribution in [-0.2, 0) is 47.9 Å². The number of thiazole rings is 1. The Morgan fingerprint density at radius 1 is 1.21 bits per heavy atom. The SMILES string of the molecule is C[C@@H]1[C@H](NC(=O)/C(=N\O[C@@](C)(COc2ccc(-c3cn(CCCN)[n+](C)c3)cc2)C(=O)O)c2csc(N)n2)C(=O)N1S(=O)(=O)O.O=C([O-])C(F)(F)F. The smallest absolute Gasteiger partial charge is 0.430 e. The first-order valence-corrected chi connectivity index (χ1v) is 17.0. The van der Waals surface area contributed by atoms with Gasteiger partial charge in [0.05, 0.1) is 24.3 Å². The zero-order chi connectivity index (χ0) is 39.2. The van der Waals surface area contributed by atoms with Gasteiger partial charge in [0.25, 0.3) is 17.4 Å². The highest BCUT2D eigenvalue weighted by Gasteiger charge is 2.52. The molecule has 3 heterocycles. The Bertz CT molecular complexity index is 1930. The van der Waals surface area contributed by atoms with Crippen molar-refractivity contribution >= 4 is 56.2 Å². The molecule has 7 N–H and O–H groups in total. The van der Waals surface area contributed by atoms with Crippen molar-refractivity contribution in [1.82, 2.24) is 19.3 Å². The number of aromatic nitrogens is 3. The average Bonchev–Trinajstić information content (AvgIpc) is 3.65. The zero-order valence-corrected chi connectivity index (χ0v) is 29.1. The predicted molar refractivity (Wildman–Crippen MR) is 171 cm³/mol. The Labute approximate surface area is 297 Å². The summed E-state index contributed by atoms with van der Waals surface area (Å²) in [6.45, 7) is 3.30. The molecule has 0 bridgehead atoms. The minimum absolute atomic E-state index is 0.0600. The third-order valence-corrected chi connectivity index (χ3v) is 8.87. The van der Waals surface area contributed by atoms with Gasteiger partial charge >= 0.3 is 22.4 Å². The topological polar surface area (TPSA) is 286 Å². The molecule has 4 rings (SSSR count). The van der Waals surface area contributed by atoms with E-state index < -0.39 is 70.2 Å². The third-order valence-electron chi connectivity index (χ3n) is 7.19. The number of ether oxygens (including phenoxy) is 1. The molecule has 2 amide bonds. The monoisotopic (exact) mass is 778 g/mol. The first-order valence-electron chi connectivity index (χ1n) is 14.7. The van der Waals surface area contributed by atoms with E-state index in [4.69, 9.17) is 30.9 Å². The minimum Gasteiger partial charge on any atom is -0.542 e. The van der Waals surface area contributed by atoms with E-state index in [1.165, 1.54) is 19.2 Å². The minimum atomic E-state index is -5.19. The molecule has 3 atom stereocenters. The van der Waals surface area contributed by atoms with Crippen LogP contribution in [0.4, 0.5) is 18.3 Å². The molecule has 1 saturated heterocycles. The molecule has 0 radical (unpaired) electrons. The lowest BCUT2D eigenvalue weighted by atomic mass is 10.0. The highest BCUT2D eigenvalue weighted by atomic mass is 32.2. The molecular formula is C28H33F3N8O11S2. The Morgan fingerprint density at radius 2 is 1.83 bits per heavy atom. The maximum absolute atomic E-state index is 13.1. The Kier molecular flexibility index (Phi) is 12.9. The van der Waals surface area contributed by atoms with Crippen LogP contribution in [0.25, 0.3) is 11.1 Å². The second kappa shape index (κ2) is 16.3. The molecular weight excluding hydrogens is 745 g/mol. The van der Waals surface area contributed by atoms with Crippen LogP contribution in [0.15, 0.2) is 47.2 Å². The number of β-lactam (4-membered cyclic amide) rings is 1. The maximum Gasteiger partial charge on any atom is 0.430 e. The molecule has 0 spiro atoms. The normalized spacial score (nSPS) is 17.3. The van der Waals surface area contributed by atoms with E-state index in [-0.39, 0.29) is 15.1 Å². The number of halogens is 3. The molecule has 3 aromatic rings. The van der Waals surface area contributed by atoms with Crippen molar-refractivity contribution in [3.05, 3.63) is 47.7 Å². The van der Waals surface area contributed by atoms with Gasteiger partial charge in [-0.05, 0) is 44.5 Å². The number of nitrogens with two attached hydrogens (primary N) is 2. The Balaban J connectivity index is 0.000000944. The zero-order valence-electron chi connectivity index (χ0n) is 27.4. The quantitative estimate of drug-likeness (QED) is 0.0424. The number of nitrogen functional groups attached to an aromatic ring is 1. The van der Waals surface area contributed by atoms with Gasteiger partial charge in [0.2, 0.25) is 6.20 Å². The summed E-state index contributed by atoms with van der Waals surface area (Å²) in [5.41, 5.74) is 10.5. The van der Waals surface area contributed by atoms with E-state index in [9.17, 15) is 45.6 Å². The molecule has 52 heavy (non-hydrogen) atoms. The number of alkyl halides is 3. The summed E-state index contributed by atoms with van der Waals surface area (Å²) in [5, 5.41) is 26.2. The van der Waals surface area contributed by atoms with Crippen LogP contribution in [0.1, 0.15) is 26.0 Å². The Morgan fingerprint density at radius 3 is 2.31 bits per heavy atom. The van der Waals surface area contributed by atoms with E-state index in [1.807, 2.05) is 40.9 Å². The number of benzene rings is 1. The number of nitrogens with one attached hydrogen (secondary N) is 1. The number of anilines is 1. The van der Waals surface area contributed by atoms with Crippen LogP contribution < -0.4 is 31.3 Å². The number of carboxylic acid groups (broad SMARTS) is 2. The number of rotatable bonds is 14. The van der Waals surface area contributed by atoms with E-state index >= 15 is 0 Å². The number of hydrogen-bond acceptors (Lipinski definition) is 14. The molecule has 0 unspecified atom stereocenters. The lowest BCUT2D eigenvalue weighted by Crippen LogP contribution is -2.71. The van der Waals surface area contributed by atoms with E-state index in [1.54, 1.807) is 12.1 Å². The van der Waals surface area contributed by atoms with Gasteiger partial charge in [0, 0.05) is 5.38 Å². The fourth-order valence-electron chi connectivity index (χ4n) is 4.34. The first-order chi connectivity index (χ1) is 24.1. The van der Waals surface area contributed by atoms with Gasteiger partial charge in [-0.3, -0.25) is 14.1 Å². The molecule has 1 fully saturated rings. The number of amides is 2. The summed E-state index contributed by atoms with van der Waals surface area (Å²) < 4.78 is 73.5. The number of hydrogen-bond donors (Lipinski definition) is 5. The summed E-state index contributed by atoms with van der Waals surface area (Å²) in [7, 11) is -2.90. The molecule has 1 aliphatic heterocycles. The second-order valence-electron chi connectivity index (χ2n) is 11.1. The number of nitrogens with zero attached hydrogens (tertiary/aromatic N) is 5. The Hall–Kier alpha value is -5.33. The number of carbonyl (C=O) groups excluding carboxylic acids is 3. The van der Waals surface area contributed by atoms with Crippen LogP contribution in [0, 0.1) is 0 Å². The van der Waals surface area contributed by atoms with Crippen molar-refractivity contribution in [2.75, 3.05) is 18.9 Å². The highest BCUT2D eigenvalue weighted by molar-refractivity contribution is 7.84. The van der Waals surface area contributed by atoms with Crippen LogP contribution >= 0.6 is 11.3 Å². The summed E-state index contributed by atoms with van der Waals surface area (Å²) in [6.07, 6.45) is -0.396. The fourth-order valence-corrected chi connectivity index (χ4v) is 5.77. The van der Waals surface area contributed by atoms with Gasteiger partial charge in [-0.1, -0.05) is 17.3 Å². The second-order valence-corrected chi connectivity index (χ2v) is 13.3. The molecule has 1 aliphatic rings. The lowest BCUT2D eigenvalue weighted by Gasteiger charge is -2.42. The van der Waals surface area contributed by atoms with Crippen LogP contribution in [0.3, 0.4) is 0 Å². The van der Waals surface area contributed by atoms with Crippen molar-refractivity contribution in [3.8, 4) is 16.9 Å². The molecule has 2 aromatic heterocycles. The van der Waals surface area contributed by atoms with Crippen molar-refractivity contribution in [3.63, 3.8) is 0 Å². The van der Waals surface area contributed by atoms with Gasteiger partial charge in [-0.2, -0.15) is 26.3 Å². The number of aliphatic carboxylic acids is 2. The number of aryl methyl sites for hydroxylation is 2. The van der Waals surface area contributed by atoms with Crippen LogP contribution in [0.2, 0.25) is 0 Å². The molecule has 0 saturated carbocycles. The standard InChI is InChI=1S/C26H32N8O9S2.C2HF3O2/c1-15-20(23(36)34(15)45(39,40)41)30-22(35)21(19-13-44-25(28)29-19)31-43-26(2,24(37)38)14-42-18-7-5-16(6-8-18)17-11-32(3)33(12-17)10-4-9-27;3-2(4,5)1(6)7/h5-8,11-13,15,20H,4,9-10,14,27H2,1-3H3,(H4-,28,29,30,35,37,38,39,40,41);(H,6,7)/b31-21-;/t15-,20+,26+;/m1./s1. The van der Waals surface area contributed by atoms with E-state index in [2.05, 4.69) is 15.5 Å². The van der Waals surface area contributed by atoms with Crippen molar-refractivity contribution in [2.45, 2.75) is 50.7 Å². The fraction of sp³-hybridized carbons (Fsp3) is 0.393. The third kappa shape index (κ3) is 10.1. The summed E-state index contributed by atoms with van der Waals surface area (Å²) >= 11 is 0.960. The van der Waals surface area contributed by atoms with Gasteiger partial charge in [0.1, 0.15) is 30.1 Å². The molecule has 1 aromatic carbocycles. The molecule has 284 valence electrons. The first kappa shape index (κ1) is 41.1. The van der Waals surface area contributed by atoms with Crippen molar-refractivity contribution in [1.29, 1.82) is 0 Å². The van der Waals surface area contributed by atoms with Gasteiger partial charge in [-0.15, -0.1) is 16.0 Å². The van der Waals surface area contributed by atoms with E-state index in [0.717, 1.165) is 35.4 Å². The van der Waals surface area contributed by atoms with E-state index in [0.29, 0.717) is 12.3 Å². The average molecular weight is 779 g/mol. The molecule has 0 aliphatic carbocycles. The molecule has 19 nitrogen and oxygen atoms in total. The van der Waals surface area contributed by atoms with Crippen LogP contribution in [0.5, 0.6) is 5.75 Å². The van der Waals surface area contributed by atoms with Gasteiger partial charge < -0.3 is 41.4 Å². The number of carbonyl (C=O) groups is 4. The number of oxime groups is 1.